The molecule has 0 amide bonds. The number of carbonyl (C=O) groups excluding carboxylic acids is 1. The average molecular weight is 333 g/mol. The fraction of sp³-hybridized carbons (Fsp3) is 0.462. The number of carbonyl (C=O) groups is 1. The summed E-state index contributed by atoms with van der Waals surface area (Å²) in [6, 6.07) is 4.13. The maximum Gasteiger partial charge on any atom is 0.339 e. The Bertz CT molecular complexity index is 625. The molecule has 1 N–H and O–H groups in total. The zero-order chi connectivity index (χ0) is 15.5. The molecule has 1 aliphatic rings. The van der Waals surface area contributed by atoms with Crippen LogP contribution in [0.2, 0.25) is 5.02 Å². The first-order valence-corrected chi connectivity index (χ1v) is 8.37. The number of nitrogens with zero attached hydrogens (tertiary/aromatic N) is 1. The molecule has 1 aromatic rings. The zero-order valence-electron chi connectivity index (χ0n) is 11.6. The number of sulfonamides is 1. The van der Waals surface area contributed by atoms with Gasteiger partial charge in [0, 0.05) is 24.7 Å². The fourth-order valence-corrected chi connectivity index (χ4v) is 4.11. The van der Waals surface area contributed by atoms with Crippen LogP contribution in [-0.2, 0) is 14.8 Å². The first kappa shape index (κ1) is 16.2. The van der Waals surface area contributed by atoms with Crippen LogP contribution in [0.4, 0.5) is 0 Å². The molecule has 1 heterocycles. The quantitative estimate of drug-likeness (QED) is 0.839. The van der Waals surface area contributed by atoms with Gasteiger partial charge in [0.15, 0.2) is 0 Å². The maximum absolute atomic E-state index is 12.8. The van der Waals surface area contributed by atoms with Crippen LogP contribution in [-0.4, -0.2) is 52.0 Å². The Morgan fingerprint density at radius 3 is 2.81 bits per heavy atom. The van der Waals surface area contributed by atoms with Crippen LogP contribution >= 0.6 is 11.6 Å². The van der Waals surface area contributed by atoms with Gasteiger partial charge in [0.1, 0.15) is 0 Å². The Kier molecular flexibility index (Phi) is 5.21. The molecule has 0 aromatic heterocycles. The van der Waals surface area contributed by atoms with Gasteiger partial charge in [-0.15, -0.1) is 0 Å². The highest BCUT2D eigenvalue weighted by Gasteiger charge is 2.30. The van der Waals surface area contributed by atoms with Crippen molar-refractivity contribution in [1.29, 1.82) is 0 Å². The third-order valence-corrected chi connectivity index (χ3v) is 5.44. The first-order valence-electron chi connectivity index (χ1n) is 6.55. The van der Waals surface area contributed by atoms with E-state index in [2.05, 4.69) is 10.1 Å². The highest BCUT2D eigenvalue weighted by atomic mass is 35.5. The van der Waals surface area contributed by atoms with Gasteiger partial charge >= 0.3 is 5.97 Å². The second kappa shape index (κ2) is 6.74. The molecular formula is C13H17ClN2O4S. The summed E-state index contributed by atoms with van der Waals surface area (Å²) in [6.07, 6.45) is 0.716. The van der Waals surface area contributed by atoms with E-state index in [4.69, 9.17) is 11.6 Å². The minimum atomic E-state index is -3.79. The summed E-state index contributed by atoms with van der Waals surface area (Å²) >= 11 is 5.89. The fourth-order valence-electron chi connectivity index (χ4n) is 2.19. The van der Waals surface area contributed by atoms with Gasteiger partial charge in [0.2, 0.25) is 10.0 Å². The van der Waals surface area contributed by atoms with Crippen LogP contribution in [0.25, 0.3) is 0 Å². The first-order chi connectivity index (χ1) is 9.96. The molecule has 8 heteroatoms. The van der Waals surface area contributed by atoms with E-state index in [-0.39, 0.29) is 15.5 Å². The molecule has 1 fully saturated rings. The van der Waals surface area contributed by atoms with Gasteiger partial charge in [-0.2, -0.15) is 4.31 Å². The van der Waals surface area contributed by atoms with Crippen LogP contribution < -0.4 is 5.32 Å². The van der Waals surface area contributed by atoms with E-state index in [9.17, 15) is 13.2 Å². The molecule has 1 saturated heterocycles. The van der Waals surface area contributed by atoms with Crippen molar-refractivity contribution < 1.29 is 17.9 Å². The second-order valence-electron chi connectivity index (χ2n) is 4.64. The number of benzene rings is 1. The van der Waals surface area contributed by atoms with Crippen molar-refractivity contribution in [2.75, 3.05) is 33.3 Å². The Balaban J connectivity index is 2.47. The molecule has 116 valence electrons. The highest BCUT2D eigenvalue weighted by Crippen LogP contribution is 2.25. The van der Waals surface area contributed by atoms with Crippen molar-refractivity contribution >= 4 is 27.6 Å². The third kappa shape index (κ3) is 3.55. The standard InChI is InChI=1S/C13H17ClN2O4S/c1-20-13(17)11-4-3-10(14)9-12(11)21(18,19)16-7-2-5-15-6-8-16/h3-4,9,15H,2,5-8H2,1H3. The number of rotatable bonds is 3. The van der Waals surface area contributed by atoms with Gasteiger partial charge in [-0.1, -0.05) is 11.6 Å². The van der Waals surface area contributed by atoms with Gasteiger partial charge < -0.3 is 10.1 Å². The number of halogens is 1. The van der Waals surface area contributed by atoms with Crippen LogP contribution in [0, 0.1) is 0 Å². The van der Waals surface area contributed by atoms with Crippen LogP contribution in [0.5, 0.6) is 0 Å². The summed E-state index contributed by atoms with van der Waals surface area (Å²) in [5.41, 5.74) is -0.000828. The molecular weight excluding hydrogens is 316 g/mol. The second-order valence-corrected chi connectivity index (χ2v) is 6.98. The number of esters is 1. The van der Waals surface area contributed by atoms with E-state index in [1.807, 2.05) is 0 Å². The van der Waals surface area contributed by atoms with E-state index >= 15 is 0 Å². The Morgan fingerprint density at radius 2 is 2.10 bits per heavy atom. The molecule has 0 atom stereocenters. The summed E-state index contributed by atoms with van der Waals surface area (Å²) in [7, 11) is -2.57. The molecule has 1 aromatic carbocycles. The van der Waals surface area contributed by atoms with Crippen molar-refractivity contribution in [3.63, 3.8) is 0 Å². The summed E-state index contributed by atoms with van der Waals surface area (Å²) in [5.74, 6) is -0.696. The average Bonchev–Trinajstić information content (AvgIpc) is 2.76. The third-order valence-electron chi connectivity index (χ3n) is 3.27. The lowest BCUT2D eigenvalue weighted by Gasteiger charge is -2.21. The molecule has 0 unspecified atom stereocenters. The molecule has 0 spiro atoms. The minimum Gasteiger partial charge on any atom is -0.465 e. The number of hydrogen-bond donors (Lipinski definition) is 1. The SMILES string of the molecule is COC(=O)c1ccc(Cl)cc1S(=O)(=O)N1CCCNCC1. The number of methoxy groups -OCH3 is 1. The Morgan fingerprint density at radius 1 is 1.33 bits per heavy atom. The Hall–Kier alpha value is -1.15. The lowest BCUT2D eigenvalue weighted by atomic mass is 10.2. The highest BCUT2D eigenvalue weighted by molar-refractivity contribution is 7.89. The van der Waals surface area contributed by atoms with E-state index in [1.165, 1.54) is 29.6 Å². The van der Waals surface area contributed by atoms with Crippen molar-refractivity contribution in [3.8, 4) is 0 Å². The molecule has 0 aliphatic carbocycles. The predicted octanol–water partition coefficient (Wildman–Crippen LogP) is 1.11. The predicted molar refractivity (Wildman–Crippen MR) is 79.0 cm³/mol. The van der Waals surface area contributed by atoms with Gasteiger partial charge in [-0.05, 0) is 31.2 Å². The molecule has 0 saturated carbocycles. The molecule has 1 aliphatic heterocycles. The number of hydrogen-bond acceptors (Lipinski definition) is 5. The molecule has 0 bridgehead atoms. The molecule has 6 nitrogen and oxygen atoms in total. The normalized spacial score (nSPS) is 17.2. The maximum atomic E-state index is 12.8. The van der Waals surface area contributed by atoms with E-state index < -0.39 is 16.0 Å². The van der Waals surface area contributed by atoms with Crippen molar-refractivity contribution in [2.24, 2.45) is 0 Å². The lowest BCUT2D eigenvalue weighted by Crippen LogP contribution is -2.35. The number of nitrogens with one attached hydrogen (secondary N) is 1. The molecule has 2 rings (SSSR count). The van der Waals surface area contributed by atoms with Gasteiger partial charge in [-0.3, -0.25) is 0 Å². The summed E-state index contributed by atoms with van der Waals surface area (Å²) in [4.78, 5) is 11.7. The summed E-state index contributed by atoms with van der Waals surface area (Å²) in [5, 5.41) is 3.40. The van der Waals surface area contributed by atoms with Crippen LogP contribution in [0.15, 0.2) is 23.1 Å². The van der Waals surface area contributed by atoms with E-state index in [0.29, 0.717) is 26.1 Å². The molecule has 21 heavy (non-hydrogen) atoms. The number of ether oxygens (including phenoxy) is 1. The van der Waals surface area contributed by atoms with Gasteiger partial charge in [0.25, 0.3) is 0 Å². The van der Waals surface area contributed by atoms with Crippen molar-refractivity contribution in [1.82, 2.24) is 9.62 Å². The van der Waals surface area contributed by atoms with Crippen molar-refractivity contribution in [2.45, 2.75) is 11.3 Å². The monoisotopic (exact) mass is 332 g/mol. The lowest BCUT2D eigenvalue weighted by molar-refractivity contribution is 0.0596. The van der Waals surface area contributed by atoms with E-state index in [0.717, 1.165) is 6.54 Å². The Labute approximate surface area is 129 Å². The van der Waals surface area contributed by atoms with Crippen molar-refractivity contribution in [3.05, 3.63) is 28.8 Å². The van der Waals surface area contributed by atoms with Crippen LogP contribution in [0.3, 0.4) is 0 Å². The topological polar surface area (TPSA) is 75.7 Å². The minimum absolute atomic E-state index is 0.000828. The summed E-state index contributed by atoms with van der Waals surface area (Å²) < 4.78 is 31.5. The van der Waals surface area contributed by atoms with E-state index in [1.54, 1.807) is 0 Å². The van der Waals surface area contributed by atoms with Gasteiger partial charge in [-0.25, -0.2) is 13.2 Å². The van der Waals surface area contributed by atoms with Crippen LogP contribution in [0.1, 0.15) is 16.8 Å². The zero-order valence-corrected chi connectivity index (χ0v) is 13.2. The smallest absolute Gasteiger partial charge is 0.339 e. The summed E-state index contributed by atoms with van der Waals surface area (Å²) in [6.45, 7) is 2.11. The molecule has 0 radical (unpaired) electrons. The van der Waals surface area contributed by atoms with Gasteiger partial charge in [0.05, 0.1) is 17.6 Å². The largest absolute Gasteiger partial charge is 0.465 e.